The first-order valence-electron chi connectivity index (χ1n) is 9.52. The molecular formula is C21H28N4. The maximum atomic E-state index is 4.74. The molecule has 1 unspecified atom stereocenters. The third kappa shape index (κ3) is 3.23. The normalized spacial score (nSPS) is 23.4. The Bertz CT molecular complexity index is 695. The number of aryl methyl sites for hydroxylation is 1. The largest absolute Gasteiger partial charge is 0.330 e. The molecule has 3 aliphatic rings. The fourth-order valence-corrected chi connectivity index (χ4v) is 4.14. The minimum absolute atomic E-state index is 0.809. The van der Waals surface area contributed by atoms with Gasteiger partial charge >= 0.3 is 0 Å². The summed E-state index contributed by atoms with van der Waals surface area (Å²) in [5.41, 5.74) is 4.94. The number of likely N-dealkylation sites (N-methyl/N-ethyl adjacent to an activating group) is 1. The van der Waals surface area contributed by atoms with Crippen LogP contribution in [0.2, 0.25) is 0 Å². The summed E-state index contributed by atoms with van der Waals surface area (Å²) < 4.78 is 0. The number of hydrogen-bond acceptors (Lipinski definition) is 4. The molecule has 1 N–H and O–H groups in total. The number of rotatable bonds is 4. The predicted molar refractivity (Wildman–Crippen MR) is 103 cm³/mol. The van der Waals surface area contributed by atoms with Gasteiger partial charge in [0.25, 0.3) is 0 Å². The van der Waals surface area contributed by atoms with E-state index in [2.05, 4.69) is 53.0 Å². The summed E-state index contributed by atoms with van der Waals surface area (Å²) in [6.07, 6.45) is 13.6. The van der Waals surface area contributed by atoms with Gasteiger partial charge in [0.2, 0.25) is 0 Å². The van der Waals surface area contributed by atoms with Crippen LogP contribution in [0.25, 0.3) is 0 Å². The molecule has 1 aliphatic carbocycles. The highest BCUT2D eigenvalue weighted by atomic mass is 15.4. The summed E-state index contributed by atoms with van der Waals surface area (Å²) in [6, 6.07) is 4.39. The van der Waals surface area contributed by atoms with E-state index in [-0.39, 0.29) is 0 Å². The Kier molecular flexibility index (Phi) is 4.62. The maximum absolute atomic E-state index is 4.74. The molecule has 4 heteroatoms. The van der Waals surface area contributed by atoms with Gasteiger partial charge in [-0.05, 0) is 75.7 Å². The van der Waals surface area contributed by atoms with Gasteiger partial charge in [-0.25, -0.2) is 0 Å². The van der Waals surface area contributed by atoms with Gasteiger partial charge < -0.3 is 10.2 Å². The van der Waals surface area contributed by atoms with Crippen molar-refractivity contribution in [2.24, 2.45) is 5.92 Å². The number of allylic oxidation sites excluding steroid dienone is 3. The third-order valence-electron chi connectivity index (χ3n) is 5.67. The minimum Gasteiger partial charge on any atom is -0.330 e. The fourth-order valence-electron chi connectivity index (χ4n) is 4.14. The van der Waals surface area contributed by atoms with Gasteiger partial charge in [-0.3, -0.25) is 9.88 Å². The summed E-state index contributed by atoms with van der Waals surface area (Å²) >= 11 is 0. The van der Waals surface area contributed by atoms with Crippen molar-refractivity contribution in [2.75, 3.05) is 25.0 Å². The first-order valence-corrected chi connectivity index (χ1v) is 9.52. The van der Waals surface area contributed by atoms with Crippen molar-refractivity contribution < 1.29 is 0 Å². The summed E-state index contributed by atoms with van der Waals surface area (Å²) in [7, 11) is 2.09. The molecule has 25 heavy (non-hydrogen) atoms. The molecule has 132 valence electrons. The summed E-state index contributed by atoms with van der Waals surface area (Å²) in [5, 5.41) is 3.50. The van der Waals surface area contributed by atoms with E-state index in [1.807, 2.05) is 6.20 Å². The summed E-state index contributed by atoms with van der Waals surface area (Å²) in [4.78, 5) is 9.18. The molecule has 0 saturated carbocycles. The highest BCUT2D eigenvalue weighted by molar-refractivity contribution is 5.62. The Morgan fingerprint density at radius 2 is 2.28 bits per heavy atom. The molecule has 3 heterocycles. The van der Waals surface area contributed by atoms with Crippen LogP contribution in [0.5, 0.6) is 0 Å². The Hall–Kier alpha value is -2.07. The second-order valence-electron chi connectivity index (χ2n) is 7.34. The van der Waals surface area contributed by atoms with Crippen molar-refractivity contribution in [3.05, 3.63) is 60.0 Å². The van der Waals surface area contributed by atoms with Crippen molar-refractivity contribution in [3.8, 4) is 0 Å². The van der Waals surface area contributed by atoms with E-state index in [9.17, 15) is 0 Å². The Labute approximate surface area is 150 Å². The molecule has 0 bridgehead atoms. The number of anilines is 1. The quantitative estimate of drug-likeness (QED) is 0.906. The first kappa shape index (κ1) is 16.4. The van der Waals surface area contributed by atoms with Gasteiger partial charge in [-0.15, -0.1) is 0 Å². The zero-order valence-corrected chi connectivity index (χ0v) is 15.2. The lowest BCUT2D eigenvalue weighted by atomic mass is 9.94. The third-order valence-corrected chi connectivity index (χ3v) is 5.67. The lowest BCUT2D eigenvalue weighted by Gasteiger charge is -2.24. The fraction of sp³-hybridized carbons (Fsp3) is 0.476. The molecule has 0 amide bonds. The molecule has 4 nitrogen and oxygen atoms in total. The van der Waals surface area contributed by atoms with Crippen molar-refractivity contribution in [1.82, 2.24) is 15.2 Å². The molecule has 1 atom stereocenters. The second-order valence-corrected chi connectivity index (χ2v) is 7.34. The topological polar surface area (TPSA) is 31.4 Å². The molecule has 1 aromatic heterocycles. The van der Waals surface area contributed by atoms with E-state index in [1.165, 1.54) is 49.4 Å². The zero-order valence-electron chi connectivity index (χ0n) is 15.2. The van der Waals surface area contributed by atoms with Crippen molar-refractivity contribution in [2.45, 2.75) is 38.5 Å². The number of nitrogens with zero attached hydrogens (tertiary/aromatic N) is 3. The van der Waals surface area contributed by atoms with Crippen molar-refractivity contribution >= 4 is 5.69 Å². The number of nitrogens with one attached hydrogen (secondary N) is 1. The van der Waals surface area contributed by atoms with Crippen LogP contribution in [0.3, 0.4) is 0 Å². The zero-order chi connectivity index (χ0) is 17.2. The van der Waals surface area contributed by atoms with Gasteiger partial charge in [-0.2, -0.15) is 0 Å². The van der Waals surface area contributed by atoms with Crippen molar-refractivity contribution in [1.29, 1.82) is 0 Å². The standard InChI is InChI=1S/C21H28N4/c1-16-24(2)20-7-3-4-8-21(20)25(16)19-12-11-18(23-15-19)10-9-17-6-5-13-22-14-17/h3,7,11-12,15,17,22H,1,4-6,8-10,13-14H2,2H3. The van der Waals surface area contributed by atoms with Gasteiger partial charge in [0.15, 0.2) is 0 Å². The lowest BCUT2D eigenvalue weighted by Crippen LogP contribution is -2.30. The average Bonchev–Trinajstić information content (AvgIpc) is 2.92. The number of aromatic nitrogens is 1. The average molecular weight is 336 g/mol. The van der Waals surface area contributed by atoms with E-state index < -0.39 is 0 Å². The summed E-state index contributed by atoms with van der Waals surface area (Å²) in [6.45, 7) is 6.63. The molecule has 2 aliphatic heterocycles. The smallest absolute Gasteiger partial charge is 0.110 e. The van der Waals surface area contributed by atoms with Crippen LogP contribution in [0.4, 0.5) is 5.69 Å². The molecule has 4 rings (SSSR count). The Morgan fingerprint density at radius 1 is 1.36 bits per heavy atom. The maximum Gasteiger partial charge on any atom is 0.110 e. The molecule has 0 spiro atoms. The number of piperidine rings is 1. The van der Waals surface area contributed by atoms with E-state index in [1.54, 1.807) is 0 Å². The molecule has 1 fully saturated rings. The van der Waals surface area contributed by atoms with Crippen LogP contribution in [0, 0.1) is 5.92 Å². The summed E-state index contributed by atoms with van der Waals surface area (Å²) in [5.74, 6) is 1.82. The van der Waals surface area contributed by atoms with E-state index in [0.717, 1.165) is 36.7 Å². The first-order chi connectivity index (χ1) is 12.2. The van der Waals surface area contributed by atoms with Crippen LogP contribution in [0.1, 0.15) is 37.8 Å². The van der Waals surface area contributed by atoms with E-state index >= 15 is 0 Å². The van der Waals surface area contributed by atoms with Crippen molar-refractivity contribution in [3.63, 3.8) is 0 Å². The molecule has 1 saturated heterocycles. The Balaban J connectivity index is 1.45. The van der Waals surface area contributed by atoms with E-state index in [0.29, 0.717) is 0 Å². The van der Waals surface area contributed by atoms with E-state index in [4.69, 9.17) is 4.98 Å². The molecule has 0 aromatic carbocycles. The van der Waals surface area contributed by atoms with Crippen LogP contribution in [-0.4, -0.2) is 30.0 Å². The Morgan fingerprint density at radius 3 is 3.04 bits per heavy atom. The molecular weight excluding hydrogens is 308 g/mol. The van der Waals surface area contributed by atoms with Crippen LogP contribution in [-0.2, 0) is 6.42 Å². The van der Waals surface area contributed by atoms with Gasteiger partial charge in [0.05, 0.1) is 17.6 Å². The SMILES string of the molecule is C=C1N(C)C2=C(CCC=C2)N1c1ccc(CCC2CCCNC2)nc1. The minimum atomic E-state index is 0.809. The highest BCUT2D eigenvalue weighted by Crippen LogP contribution is 2.39. The van der Waals surface area contributed by atoms with Crippen LogP contribution >= 0.6 is 0 Å². The second kappa shape index (κ2) is 7.04. The van der Waals surface area contributed by atoms with Gasteiger partial charge in [0, 0.05) is 18.4 Å². The number of pyridine rings is 1. The van der Waals surface area contributed by atoms with Gasteiger partial charge in [0.1, 0.15) is 5.82 Å². The number of hydrogen-bond donors (Lipinski definition) is 1. The molecule has 1 aromatic rings. The monoisotopic (exact) mass is 336 g/mol. The van der Waals surface area contributed by atoms with Crippen LogP contribution < -0.4 is 10.2 Å². The highest BCUT2D eigenvalue weighted by Gasteiger charge is 2.31. The van der Waals surface area contributed by atoms with Gasteiger partial charge in [-0.1, -0.05) is 12.7 Å². The molecule has 0 radical (unpaired) electrons. The van der Waals surface area contributed by atoms with Crippen LogP contribution in [0.15, 0.2) is 54.3 Å². The predicted octanol–water partition coefficient (Wildman–Crippen LogP) is 3.80. The lowest BCUT2D eigenvalue weighted by molar-refractivity contribution is 0.357.